The SMILES string of the molecule is Cc1cccc2c(C[C@H](NC(=O)OCC3c4ccccc4-c4ccccc43)C(=O)O)cn(C(=O)OC(C)(C)C)c12. The number of carbonyl (C=O) groups excluding carboxylic acids is 2. The van der Waals surface area contributed by atoms with Crippen molar-refractivity contribution in [2.45, 2.75) is 51.7 Å². The Morgan fingerprint density at radius 3 is 2.17 bits per heavy atom. The first kappa shape index (κ1) is 27.0. The summed E-state index contributed by atoms with van der Waals surface area (Å²) < 4.78 is 12.5. The largest absolute Gasteiger partial charge is 0.480 e. The molecule has 0 bridgehead atoms. The van der Waals surface area contributed by atoms with Crippen molar-refractivity contribution in [1.29, 1.82) is 0 Å². The summed E-state index contributed by atoms with van der Waals surface area (Å²) in [6.45, 7) is 7.29. The van der Waals surface area contributed by atoms with Crippen molar-refractivity contribution in [3.05, 3.63) is 95.2 Å². The lowest BCUT2D eigenvalue weighted by Crippen LogP contribution is -2.42. The highest BCUT2D eigenvalue weighted by Crippen LogP contribution is 2.44. The van der Waals surface area contributed by atoms with Gasteiger partial charge in [-0.3, -0.25) is 4.57 Å². The summed E-state index contributed by atoms with van der Waals surface area (Å²) in [5, 5.41) is 13.2. The summed E-state index contributed by atoms with van der Waals surface area (Å²) in [5.41, 5.74) is 5.71. The lowest BCUT2D eigenvalue weighted by atomic mass is 9.98. The minimum atomic E-state index is -1.27. The molecule has 1 amide bonds. The third-order valence-electron chi connectivity index (χ3n) is 7.06. The van der Waals surface area contributed by atoms with Crippen LogP contribution in [-0.2, 0) is 20.7 Å². The van der Waals surface area contributed by atoms with Gasteiger partial charge in [-0.05, 0) is 61.1 Å². The van der Waals surface area contributed by atoms with Gasteiger partial charge in [0.1, 0.15) is 18.2 Å². The minimum Gasteiger partial charge on any atom is -0.480 e. The third-order valence-corrected chi connectivity index (χ3v) is 7.06. The summed E-state index contributed by atoms with van der Waals surface area (Å²) in [6, 6.07) is 20.3. The lowest BCUT2D eigenvalue weighted by molar-refractivity contribution is -0.139. The van der Waals surface area contributed by atoms with Crippen LogP contribution in [0.1, 0.15) is 48.9 Å². The van der Waals surface area contributed by atoms with Crippen LogP contribution in [0.2, 0.25) is 0 Å². The topological polar surface area (TPSA) is 107 Å². The number of carboxylic acids is 1. The fraction of sp³-hybridized carbons (Fsp3) is 0.281. The van der Waals surface area contributed by atoms with Crippen LogP contribution >= 0.6 is 0 Å². The van der Waals surface area contributed by atoms with Crippen LogP contribution in [0.15, 0.2) is 72.9 Å². The van der Waals surface area contributed by atoms with Gasteiger partial charge in [-0.2, -0.15) is 0 Å². The number of amides is 1. The number of rotatable bonds is 6. The molecule has 0 aliphatic heterocycles. The molecule has 0 saturated carbocycles. The van der Waals surface area contributed by atoms with Gasteiger partial charge < -0.3 is 19.9 Å². The molecule has 1 heterocycles. The monoisotopic (exact) mass is 540 g/mol. The Kier molecular flexibility index (Phi) is 7.10. The van der Waals surface area contributed by atoms with Crippen molar-refractivity contribution in [3.63, 3.8) is 0 Å². The molecule has 2 N–H and O–H groups in total. The van der Waals surface area contributed by atoms with E-state index in [1.54, 1.807) is 27.0 Å². The lowest BCUT2D eigenvalue weighted by Gasteiger charge is -2.20. The first-order valence-corrected chi connectivity index (χ1v) is 13.2. The first-order valence-electron chi connectivity index (χ1n) is 13.2. The highest BCUT2D eigenvalue weighted by atomic mass is 16.6. The van der Waals surface area contributed by atoms with Gasteiger partial charge in [-0.25, -0.2) is 14.4 Å². The van der Waals surface area contributed by atoms with Gasteiger partial charge in [0, 0.05) is 23.9 Å². The zero-order chi connectivity index (χ0) is 28.6. The van der Waals surface area contributed by atoms with E-state index in [2.05, 4.69) is 5.32 Å². The van der Waals surface area contributed by atoms with Crippen molar-refractivity contribution in [2.24, 2.45) is 0 Å². The standard InChI is InChI=1S/C32H32N2O6/c1-19-10-9-15-21-20(17-34(28(19)21)31(38)40-32(2,3)4)16-27(29(35)36)33-30(37)39-18-26-24-13-7-5-11-22(24)23-12-6-8-14-25(23)26/h5-15,17,26-27H,16,18H2,1-4H3,(H,33,37)(H,35,36)/t27-/m0/s1. The molecule has 40 heavy (non-hydrogen) atoms. The van der Waals surface area contributed by atoms with Crippen LogP contribution in [0.5, 0.6) is 0 Å². The Bertz CT molecular complexity index is 1570. The summed E-state index contributed by atoms with van der Waals surface area (Å²) >= 11 is 0. The molecule has 1 atom stereocenters. The number of aliphatic carboxylic acids is 1. The van der Waals surface area contributed by atoms with E-state index in [1.807, 2.05) is 73.7 Å². The van der Waals surface area contributed by atoms with Crippen LogP contribution in [0.25, 0.3) is 22.0 Å². The smallest absolute Gasteiger partial charge is 0.419 e. The number of nitrogens with one attached hydrogen (secondary N) is 1. The van der Waals surface area contributed by atoms with E-state index in [1.165, 1.54) is 4.57 Å². The number of alkyl carbamates (subject to hydrolysis) is 1. The summed E-state index contributed by atoms with van der Waals surface area (Å²) in [4.78, 5) is 38.0. The summed E-state index contributed by atoms with van der Waals surface area (Å²) in [6.07, 6.45) is 0.159. The quantitative estimate of drug-likeness (QED) is 0.299. The molecule has 1 aliphatic carbocycles. The minimum absolute atomic E-state index is 0.0463. The number of ether oxygens (including phenoxy) is 2. The molecule has 8 heteroatoms. The second-order valence-corrected chi connectivity index (χ2v) is 11.0. The molecule has 3 aromatic carbocycles. The highest BCUT2D eigenvalue weighted by Gasteiger charge is 2.30. The zero-order valence-corrected chi connectivity index (χ0v) is 22.9. The predicted octanol–water partition coefficient (Wildman–Crippen LogP) is 6.27. The van der Waals surface area contributed by atoms with Gasteiger partial charge in [0.15, 0.2) is 0 Å². The summed E-state index contributed by atoms with van der Waals surface area (Å²) in [7, 11) is 0. The molecular weight excluding hydrogens is 508 g/mol. The number of carbonyl (C=O) groups is 3. The average Bonchev–Trinajstić information content (AvgIpc) is 3.43. The number of hydrogen-bond acceptors (Lipinski definition) is 5. The second kappa shape index (κ2) is 10.5. The maximum atomic E-state index is 13.0. The Morgan fingerprint density at radius 2 is 1.57 bits per heavy atom. The number of aryl methyl sites for hydroxylation is 1. The van der Waals surface area contributed by atoms with Crippen molar-refractivity contribution >= 4 is 29.1 Å². The molecule has 206 valence electrons. The van der Waals surface area contributed by atoms with Gasteiger partial charge in [0.25, 0.3) is 0 Å². The number of hydrogen-bond donors (Lipinski definition) is 2. The van der Waals surface area contributed by atoms with Gasteiger partial charge in [0.2, 0.25) is 0 Å². The van der Waals surface area contributed by atoms with Crippen molar-refractivity contribution < 1.29 is 29.0 Å². The van der Waals surface area contributed by atoms with E-state index in [-0.39, 0.29) is 18.9 Å². The normalized spacial score (nSPS) is 13.4. The van der Waals surface area contributed by atoms with E-state index in [0.29, 0.717) is 16.5 Å². The molecule has 4 aromatic rings. The van der Waals surface area contributed by atoms with E-state index in [0.717, 1.165) is 27.8 Å². The fourth-order valence-electron chi connectivity index (χ4n) is 5.35. The third kappa shape index (κ3) is 5.30. The molecule has 1 aromatic heterocycles. The van der Waals surface area contributed by atoms with Crippen molar-refractivity contribution in [1.82, 2.24) is 9.88 Å². The number of para-hydroxylation sites is 1. The van der Waals surface area contributed by atoms with Gasteiger partial charge in [-0.15, -0.1) is 0 Å². The van der Waals surface area contributed by atoms with Crippen LogP contribution in [0.4, 0.5) is 9.59 Å². The molecule has 0 fully saturated rings. The molecular formula is C32H32N2O6. The van der Waals surface area contributed by atoms with Gasteiger partial charge in [0.05, 0.1) is 5.52 Å². The molecule has 0 unspecified atom stereocenters. The summed E-state index contributed by atoms with van der Waals surface area (Å²) in [5.74, 6) is -1.35. The number of nitrogens with zero attached hydrogens (tertiary/aromatic N) is 1. The van der Waals surface area contributed by atoms with Crippen LogP contribution in [0, 0.1) is 6.92 Å². The molecule has 0 saturated heterocycles. The Morgan fingerprint density at radius 1 is 0.950 bits per heavy atom. The average molecular weight is 541 g/mol. The first-order chi connectivity index (χ1) is 19.0. The Labute approximate surface area is 232 Å². The van der Waals surface area contributed by atoms with Crippen molar-refractivity contribution in [2.75, 3.05) is 6.61 Å². The van der Waals surface area contributed by atoms with Gasteiger partial charge in [-0.1, -0.05) is 66.7 Å². The maximum Gasteiger partial charge on any atom is 0.419 e. The van der Waals surface area contributed by atoms with E-state index >= 15 is 0 Å². The molecule has 5 rings (SSSR count). The van der Waals surface area contributed by atoms with Crippen LogP contribution < -0.4 is 5.32 Å². The number of carboxylic acid groups (broad SMARTS) is 1. The van der Waals surface area contributed by atoms with E-state index in [4.69, 9.17) is 9.47 Å². The number of benzene rings is 3. The maximum absolute atomic E-state index is 13.0. The van der Waals surface area contributed by atoms with Crippen molar-refractivity contribution in [3.8, 4) is 11.1 Å². The molecule has 0 spiro atoms. The van der Waals surface area contributed by atoms with E-state index < -0.39 is 29.8 Å². The van der Waals surface area contributed by atoms with Crippen LogP contribution in [-0.4, -0.2) is 46.1 Å². The highest BCUT2D eigenvalue weighted by molar-refractivity contribution is 5.94. The van der Waals surface area contributed by atoms with E-state index in [9.17, 15) is 19.5 Å². The zero-order valence-electron chi connectivity index (χ0n) is 22.9. The second-order valence-electron chi connectivity index (χ2n) is 11.0. The Hall–Kier alpha value is -4.59. The van der Waals surface area contributed by atoms with Gasteiger partial charge >= 0.3 is 18.2 Å². The molecule has 0 radical (unpaired) electrons. The fourth-order valence-corrected chi connectivity index (χ4v) is 5.35. The predicted molar refractivity (Wildman–Crippen MR) is 152 cm³/mol. The number of fused-ring (bicyclic) bond motifs is 4. The number of aromatic nitrogens is 1. The Balaban J connectivity index is 1.33. The van der Waals surface area contributed by atoms with Crippen LogP contribution in [0.3, 0.4) is 0 Å². The molecule has 1 aliphatic rings. The molecule has 8 nitrogen and oxygen atoms in total.